The summed E-state index contributed by atoms with van der Waals surface area (Å²) < 4.78 is 12.9. The van der Waals surface area contributed by atoms with Crippen LogP contribution in [-0.4, -0.2) is 12.5 Å². The van der Waals surface area contributed by atoms with Crippen LogP contribution in [0.15, 0.2) is 24.3 Å². The highest BCUT2D eigenvalue weighted by atomic mass is 35.5. The molecule has 0 aromatic heterocycles. The van der Waals surface area contributed by atoms with Crippen LogP contribution in [0.3, 0.4) is 0 Å². The monoisotopic (exact) mass is 241 g/mol. The Labute approximate surface area is 99.1 Å². The molecule has 1 N–H and O–H groups in total. The highest BCUT2D eigenvalue weighted by Gasteiger charge is 1.97. The molecule has 0 atom stereocenters. The molecule has 0 aliphatic heterocycles. The van der Waals surface area contributed by atoms with Crippen molar-refractivity contribution < 1.29 is 9.18 Å². The molecule has 0 bridgehead atoms. The number of hydrogen-bond acceptors (Lipinski definition) is 1. The molecule has 0 fully saturated rings. The molecule has 86 valence electrons. The van der Waals surface area contributed by atoms with E-state index in [-0.39, 0.29) is 11.7 Å². The van der Waals surface area contributed by atoms with Gasteiger partial charge in [-0.3, -0.25) is 4.79 Å². The van der Waals surface area contributed by atoms with Crippen molar-refractivity contribution in [1.82, 2.24) is 5.32 Å². The van der Waals surface area contributed by atoms with Gasteiger partial charge in [0.15, 0.2) is 0 Å². The first-order valence-corrected chi connectivity index (χ1v) is 5.33. The standard InChI is InChI=1S/C12H13ClFNO/c1-9(16)15-7-3-2-4-10-8-11(14)5-6-12(10)13/h2,4-6,8H,3,7H2,1H3,(H,15,16). The minimum absolute atomic E-state index is 0.0582. The molecule has 0 aliphatic rings. The molecule has 0 spiro atoms. The van der Waals surface area contributed by atoms with Gasteiger partial charge in [0, 0.05) is 18.5 Å². The van der Waals surface area contributed by atoms with E-state index in [9.17, 15) is 9.18 Å². The number of halogens is 2. The first-order valence-electron chi connectivity index (χ1n) is 4.95. The van der Waals surface area contributed by atoms with E-state index in [1.165, 1.54) is 25.1 Å². The highest BCUT2D eigenvalue weighted by molar-refractivity contribution is 6.32. The zero-order valence-electron chi connectivity index (χ0n) is 8.97. The first kappa shape index (κ1) is 12.7. The predicted octanol–water partition coefficient (Wildman–Crippen LogP) is 3.02. The maximum atomic E-state index is 12.9. The van der Waals surface area contributed by atoms with Crippen LogP contribution >= 0.6 is 11.6 Å². The van der Waals surface area contributed by atoms with Crippen molar-refractivity contribution in [3.63, 3.8) is 0 Å². The molecule has 2 nitrogen and oxygen atoms in total. The van der Waals surface area contributed by atoms with Crippen molar-refractivity contribution >= 4 is 23.6 Å². The second-order valence-corrected chi connectivity index (χ2v) is 3.75. The van der Waals surface area contributed by atoms with Crippen molar-refractivity contribution in [3.05, 3.63) is 40.7 Å². The topological polar surface area (TPSA) is 29.1 Å². The quantitative estimate of drug-likeness (QED) is 0.807. The summed E-state index contributed by atoms with van der Waals surface area (Å²) in [5, 5.41) is 3.17. The fraction of sp³-hybridized carbons (Fsp3) is 0.250. The Morgan fingerprint density at radius 2 is 2.31 bits per heavy atom. The van der Waals surface area contributed by atoms with E-state index in [4.69, 9.17) is 11.6 Å². The molecule has 0 heterocycles. The van der Waals surface area contributed by atoms with Gasteiger partial charge >= 0.3 is 0 Å². The zero-order chi connectivity index (χ0) is 12.0. The van der Waals surface area contributed by atoms with Crippen LogP contribution in [0.2, 0.25) is 5.02 Å². The summed E-state index contributed by atoms with van der Waals surface area (Å²) in [5.74, 6) is -0.372. The molecule has 0 radical (unpaired) electrons. The van der Waals surface area contributed by atoms with E-state index < -0.39 is 0 Å². The summed E-state index contributed by atoms with van der Waals surface area (Å²) in [6.45, 7) is 2.03. The summed E-state index contributed by atoms with van der Waals surface area (Å²) in [7, 11) is 0. The summed E-state index contributed by atoms with van der Waals surface area (Å²) in [6.07, 6.45) is 4.27. The molecule has 1 aromatic rings. The molecule has 1 amide bonds. The van der Waals surface area contributed by atoms with Gasteiger partial charge in [0.1, 0.15) is 5.82 Å². The van der Waals surface area contributed by atoms with Crippen molar-refractivity contribution in [2.24, 2.45) is 0 Å². The molecule has 1 rings (SSSR count). The predicted molar refractivity (Wildman–Crippen MR) is 63.7 cm³/mol. The molecule has 0 saturated heterocycles. The number of carbonyl (C=O) groups excluding carboxylic acids is 1. The number of benzene rings is 1. The van der Waals surface area contributed by atoms with Crippen LogP contribution in [0.4, 0.5) is 4.39 Å². The fourth-order valence-corrected chi connectivity index (χ4v) is 1.36. The molecule has 0 aliphatic carbocycles. The second kappa shape index (κ2) is 6.28. The lowest BCUT2D eigenvalue weighted by Crippen LogP contribution is -2.20. The third kappa shape index (κ3) is 4.45. The lowest BCUT2D eigenvalue weighted by Gasteiger charge is -1.99. The Hall–Kier alpha value is -1.35. The van der Waals surface area contributed by atoms with Gasteiger partial charge in [0.2, 0.25) is 5.91 Å². The van der Waals surface area contributed by atoms with Crippen molar-refractivity contribution in [3.8, 4) is 0 Å². The summed E-state index contributed by atoms with van der Waals surface area (Å²) in [4.78, 5) is 10.6. The Morgan fingerprint density at radius 1 is 1.56 bits per heavy atom. The zero-order valence-corrected chi connectivity index (χ0v) is 9.72. The number of nitrogens with one attached hydrogen (secondary N) is 1. The van der Waals surface area contributed by atoms with Gasteiger partial charge < -0.3 is 5.32 Å². The Balaban J connectivity index is 2.49. The third-order valence-corrected chi connectivity index (χ3v) is 2.28. The molecule has 1 aromatic carbocycles. The normalized spacial score (nSPS) is 10.7. The van der Waals surface area contributed by atoms with E-state index in [2.05, 4.69) is 5.32 Å². The van der Waals surface area contributed by atoms with Gasteiger partial charge in [-0.2, -0.15) is 0 Å². The minimum Gasteiger partial charge on any atom is -0.356 e. The largest absolute Gasteiger partial charge is 0.356 e. The van der Waals surface area contributed by atoms with Crippen LogP contribution < -0.4 is 5.32 Å². The van der Waals surface area contributed by atoms with E-state index in [0.29, 0.717) is 23.6 Å². The lowest BCUT2D eigenvalue weighted by molar-refractivity contribution is -0.118. The van der Waals surface area contributed by atoms with Gasteiger partial charge in [0.25, 0.3) is 0 Å². The van der Waals surface area contributed by atoms with Crippen molar-refractivity contribution in [2.45, 2.75) is 13.3 Å². The minimum atomic E-state index is -0.314. The first-order chi connectivity index (χ1) is 7.59. The highest BCUT2D eigenvalue weighted by Crippen LogP contribution is 2.18. The average Bonchev–Trinajstić information content (AvgIpc) is 2.22. The van der Waals surface area contributed by atoms with Crippen LogP contribution in [0.25, 0.3) is 6.08 Å². The number of amides is 1. The molecular formula is C12H13ClFNO. The van der Waals surface area contributed by atoms with Crippen LogP contribution in [-0.2, 0) is 4.79 Å². The summed E-state index contributed by atoms with van der Waals surface area (Å²) in [5.41, 5.74) is 0.643. The Kier molecular flexibility index (Phi) is 4.99. The maximum absolute atomic E-state index is 12.9. The van der Waals surface area contributed by atoms with E-state index >= 15 is 0 Å². The smallest absolute Gasteiger partial charge is 0.216 e. The van der Waals surface area contributed by atoms with E-state index in [0.717, 1.165) is 0 Å². The lowest BCUT2D eigenvalue weighted by atomic mass is 10.2. The molecule has 0 unspecified atom stereocenters. The van der Waals surface area contributed by atoms with Gasteiger partial charge in [-0.25, -0.2) is 4.39 Å². The molecule has 0 saturated carbocycles. The van der Waals surface area contributed by atoms with Crippen molar-refractivity contribution in [2.75, 3.05) is 6.54 Å². The van der Waals surface area contributed by atoms with Gasteiger partial charge in [-0.1, -0.05) is 23.8 Å². The van der Waals surface area contributed by atoms with Crippen LogP contribution in [0.1, 0.15) is 18.9 Å². The van der Waals surface area contributed by atoms with E-state index in [1.807, 2.05) is 6.08 Å². The van der Waals surface area contributed by atoms with Crippen molar-refractivity contribution in [1.29, 1.82) is 0 Å². The molecule has 4 heteroatoms. The van der Waals surface area contributed by atoms with Gasteiger partial charge in [-0.05, 0) is 30.2 Å². The van der Waals surface area contributed by atoms with Gasteiger partial charge in [-0.15, -0.1) is 0 Å². The molecular weight excluding hydrogens is 229 g/mol. The number of carbonyl (C=O) groups is 1. The Morgan fingerprint density at radius 3 is 3.00 bits per heavy atom. The SMILES string of the molecule is CC(=O)NCCC=Cc1cc(F)ccc1Cl. The number of rotatable bonds is 4. The second-order valence-electron chi connectivity index (χ2n) is 3.34. The average molecular weight is 242 g/mol. The van der Waals surface area contributed by atoms with Crippen LogP contribution in [0.5, 0.6) is 0 Å². The molecule has 16 heavy (non-hydrogen) atoms. The fourth-order valence-electron chi connectivity index (χ4n) is 1.18. The maximum Gasteiger partial charge on any atom is 0.216 e. The summed E-state index contributed by atoms with van der Waals surface area (Å²) >= 11 is 5.87. The summed E-state index contributed by atoms with van der Waals surface area (Å²) in [6, 6.07) is 4.21. The Bertz CT molecular complexity index is 404. The third-order valence-electron chi connectivity index (χ3n) is 1.94. The van der Waals surface area contributed by atoms with E-state index in [1.54, 1.807) is 6.08 Å². The van der Waals surface area contributed by atoms with Gasteiger partial charge in [0.05, 0.1) is 0 Å². The number of hydrogen-bond donors (Lipinski definition) is 1. The van der Waals surface area contributed by atoms with Crippen LogP contribution in [0, 0.1) is 5.82 Å².